The number of carbonyl (C=O) groups is 2. The molecule has 0 bridgehead atoms. The molecule has 4 nitrogen and oxygen atoms in total. The number of carboxylic acid groups (broad SMARTS) is 1. The van der Waals surface area contributed by atoms with Gasteiger partial charge in [0.05, 0.1) is 18.2 Å². The maximum Gasteiger partial charge on any atom is 0.338 e. The second kappa shape index (κ2) is 5.55. The van der Waals surface area contributed by atoms with Crippen molar-refractivity contribution in [3.63, 3.8) is 0 Å². The van der Waals surface area contributed by atoms with Crippen molar-refractivity contribution in [3.05, 3.63) is 29.3 Å². The molecule has 0 fully saturated rings. The Labute approximate surface area is 97.6 Å². The highest BCUT2D eigenvalue weighted by Gasteiger charge is 2.17. The predicted molar refractivity (Wildman–Crippen MR) is 61.1 cm³/mol. The zero-order chi connectivity index (χ0) is 12.1. The third-order valence-corrected chi connectivity index (χ3v) is 2.81. The molecular weight excluding hydrogens is 228 g/mol. The van der Waals surface area contributed by atoms with Crippen LogP contribution in [0.5, 0.6) is 0 Å². The summed E-state index contributed by atoms with van der Waals surface area (Å²) < 4.78 is 4.55. The lowest BCUT2D eigenvalue weighted by molar-refractivity contribution is 0.0582. The fraction of sp³-hybridized carbons (Fsp3) is 0.273. The van der Waals surface area contributed by atoms with Gasteiger partial charge in [-0.25, -0.2) is 9.59 Å². The van der Waals surface area contributed by atoms with Crippen molar-refractivity contribution in [1.82, 2.24) is 0 Å². The third-order valence-electron chi connectivity index (χ3n) is 1.94. The van der Waals surface area contributed by atoms with E-state index in [0.717, 1.165) is 10.6 Å². The van der Waals surface area contributed by atoms with E-state index in [1.165, 1.54) is 24.9 Å². The summed E-state index contributed by atoms with van der Waals surface area (Å²) in [6, 6.07) is 4.65. The number of aromatic carboxylic acids is 1. The van der Waals surface area contributed by atoms with Crippen molar-refractivity contribution < 1.29 is 19.4 Å². The maximum atomic E-state index is 11.4. The first-order chi connectivity index (χ1) is 7.60. The molecule has 0 aliphatic heterocycles. The molecule has 0 spiro atoms. The Morgan fingerprint density at radius 1 is 1.38 bits per heavy atom. The molecule has 0 aromatic heterocycles. The van der Waals surface area contributed by atoms with E-state index in [4.69, 9.17) is 5.11 Å². The van der Waals surface area contributed by atoms with E-state index in [2.05, 4.69) is 4.74 Å². The van der Waals surface area contributed by atoms with Crippen LogP contribution < -0.4 is 0 Å². The van der Waals surface area contributed by atoms with Crippen LogP contribution in [0.2, 0.25) is 0 Å². The molecule has 1 N–H and O–H groups in total. The highest BCUT2D eigenvalue weighted by Crippen LogP contribution is 2.22. The SMILES string of the molecule is CCSc1ccc(C(=O)O)c(C(=O)OC)c1. The fourth-order valence-electron chi connectivity index (χ4n) is 1.25. The van der Waals surface area contributed by atoms with Crippen molar-refractivity contribution in [2.24, 2.45) is 0 Å². The molecule has 0 unspecified atom stereocenters. The van der Waals surface area contributed by atoms with Crippen molar-refractivity contribution in [2.75, 3.05) is 12.9 Å². The van der Waals surface area contributed by atoms with Crippen LogP contribution in [0.15, 0.2) is 23.1 Å². The Bertz CT molecular complexity index is 414. The summed E-state index contributed by atoms with van der Waals surface area (Å²) in [4.78, 5) is 23.2. The molecule has 0 atom stereocenters. The van der Waals surface area contributed by atoms with Crippen molar-refractivity contribution in [3.8, 4) is 0 Å². The lowest BCUT2D eigenvalue weighted by Crippen LogP contribution is -2.10. The second-order valence-electron chi connectivity index (χ2n) is 2.94. The smallest absolute Gasteiger partial charge is 0.338 e. The zero-order valence-corrected chi connectivity index (χ0v) is 9.84. The van der Waals surface area contributed by atoms with E-state index < -0.39 is 11.9 Å². The lowest BCUT2D eigenvalue weighted by atomic mass is 10.1. The zero-order valence-electron chi connectivity index (χ0n) is 9.02. The Morgan fingerprint density at radius 2 is 2.06 bits per heavy atom. The van der Waals surface area contributed by atoms with Crippen molar-refractivity contribution >= 4 is 23.7 Å². The van der Waals surface area contributed by atoms with Crippen LogP contribution in [0.1, 0.15) is 27.6 Å². The van der Waals surface area contributed by atoms with Gasteiger partial charge in [-0.1, -0.05) is 6.92 Å². The van der Waals surface area contributed by atoms with Gasteiger partial charge in [0, 0.05) is 4.90 Å². The number of hydrogen-bond donors (Lipinski definition) is 1. The number of methoxy groups -OCH3 is 1. The predicted octanol–water partition coefficient (Wildman–Crippen LogP) is 2.28. The molecule has 0 aliphatic rings. The number of thioether (sulfide) groups is 1. The molecule has 0 saturated heterocycles. The van der Waals surface area contributed by atoms with Gasteiger partial charge in [0.15, 0.2) is 0 Å². The minimum atomic E-state index is -1.13. The minimum absolute atomic E-state index is 0.0349. The molecule has 1 aromatic rings. The molecule has 1 rings (SSSR count). The summed E-state index contributed by atoms with van der Waals surface area (Å²) in [5, 5.41) is 8.92. The van der Waals surface area contributed by atoms with Crippen LogP contribution in [0.3, 0.4) is 0 Å². The number of carboxylic acids is 1. The van der Waals surface area contributed by atoms with Gasteiger partial charge in [-0.15, -0.1) is 11.8 Å². The van der Waals surface area contributed by atoms with E-state index >= 15 is 0 Å². The lowest BCUT2D eigenvalue weighted by Gasteiger charge is -2.06. The topological polar surface area (TPSA) is 63.6 Å². The molecule has 0 heterocycles. The van der Waals surface area contributed by atoms with Crippen molar-refractivity contribution in [2.45, 2.75) is 11.8 Å². The standard InChI is InChI=1S/C11H12O4S/c1-3-16-7-4-5-8(10(12)13)9(6-7)11(14)15-2/h4-6H,3H2,1-2H3,(H,12,13). The Hall–Kier alpha value is -1.49. The largest absolute Gasteiger partial charge is 0.478 e. The first kappa shape index (κ1) is 12.6. The van der Waals surface area contributed by atoms with Crippen LogP contribution in [0.4, 0.5) is 0 Å². The number of rotatable bonds is 4. The monoisotopic (exact) mass is 240 g/mol. The van der Waals surface area contributed by atoms with E-state index in [1.54, 1.807) is 12.1 Å². The normalized spacial score (nSPS) is 9.88. The van der Waals surface area contributed by atoms with Gasteiger partial charge in [-0.2, -0.15) is 0 Å². The average Bonchev–Trinajstić information content (AvgIpc) is 2.28. The number of esters is 1. The molecule has 86 valence electrons. The Morgan fingerprint density at radius 3 is 2.56 bits per heavy atom. The van der Waals surface area contributed by atoms with Gasteiger partial charge in [0.25, 0.3) is 0 Å². The van der Waals surface area contributed by atoms with Crippen LogP contribution >= 0.6 is 11.8 Å². The number of benzene rings is 1. The fourth-order valence-corrected chi connectivity index (χ4v) is 1.94. The second-order valence-corrected chi connectivity index (χ2v) is 4.27. The Balaban J connectivity index is 3.21. The maximum absolute atomic E-state index is 11.4. The van der Waals surface area contributed by atoms with Crippen LogP contribution in [-0.4, -0.2) is 29.9 Å². The van der Waals surface area contributed by atoms with Gasteiger partial charge < -0.3 is 9.84 Å². The van der Waals surface area contributed by atoms with Gasteiger partial charge >= 0.3 is 11.9 Å². The molecular formula is C11H12O4S. The van der Waals surface area contributed by atoms with Gasteiger partial charge in [-0.05, 0) is 24.0 Å². The van der Waals surface area contributed by atoms with Crippen LogP contribution in [0, 0.1) is 0 Å². The minimum Gasteiger partial charge on any atom is -0.478 e. The molecule has 0 radical (unpaired) electrons. The van der Waals surface area contributed by atoms with Crippen molar-refractivity contribution in [1.29, 1.82) is 0 Å². The number of carbonyl (C=O) groups excluding carboxylic acids is 1. The average molecular weight is 240 g/mol. The molecule has 5 heteroatoms. The Kier molecular flexibility index (Phi) is 4.37. The van der Waals surface area contributed by atoms with E-state index in [1.807, 2.05) is 6.92 Å². The third kappa shape index (κ3) is 2.76. The summed E-state index contributed by atoms with van der Waals surface area (Å²) in [7, 11) is 1.23. The molecule has 0 aliphatic carbocycles. The van der Waals surface area contributed by atoms with E-state index in [9.17, 15) is 9.59 Å². The van der Waals surface area contributed by atoms with Gasteiger partial charge in [0.2, 0.25) is 0 Å². The summed E-state index contributed by atoms with van der Waals surface area (Å²) in [6.45, 7) is 1.98. The summed E-state index contributed by atoms with van der Waals surface area (Å²) >= 11 is 1.54. The quantitative estimate of drug-likeness (QED) is 0.646. The molecule has 16 heavy (non-hydrogen) atoms. The van der Waals surface area contributed by atoms with Crippen LogP contribution in [0.25, 0.3) is 0 Å². The first-order valence-corrected chi connectivity index (χ1v) is 5.67. The first-order valence-electron chi connectivity index (χ1n) is 4.68. The van der Waals surface area contributed by atoms with Gasteiger partial charge in [0.1, 0.15) is 0 Å². The summed E-state index contributed by atoms with van der Waals surface area (Å²) in [5.74, 6) is -0.906. The number of hydrogen-bond acceptors (Lipinski definition) is 4. The highest BCUT2D eigenvalue weighted by atomic mass is 32.2. The van der Waals surface area contributed by atoms with E-state index in [0.29, 0.717) is 0 Å². The summed E-state index contributed by atoms with van der Waals surface area (Å²) in [6.07, 6.45) is 0. The molecule has 0 saturated carbocycles. The van der Waals surface area contributed by atoms with E-state index in [-0.39, 0.29) is 11.1 Å². The molecule has 0 amide bonds. The highest BCUT2D eigenvalue weighted by molar-refractivity contribution is 7.99. The summed E-state index contributed by atoms with van der Waals surface area (Å²) in [5.41, 5.74) is 0.0563. The molecule has 1 aromatic carbocycles. The number of ether oxygens (including phenoxy) is 1. The van der Waals surface area contributed by atoms with Crippen LogP contribution in [-0.2, 0) is 4.74 Å². The van der Waals surface area contributed by atoms with Gasteiger partial charge in [-0.3, -0.25) is 0 Å².